The molecule has 0 saturated heterocycles. The maximum absolute atomic E-state index is 11.9. The van der Waals surface area contributed by atoms with Gasteiger partial charge in [0.2, 0.25) is 5.91 Å². The minimum Gasteiger partial charge on any atom is -0.493 e. The second kappa shape index (κ2) is 13.1. The summed E-state index contributed by atoms with van der Waals surface area (Å²) in [6.45, 7) is 7.46. The number of aliphatic imine (C=N–C) groups is 1. The van der Waals surface area contributed by atoms with E-state index in [2.05, 4.69) is 34.8 Å². The molecule has 29 heavy (non-hydrogen) atoms. The van der Waals surface area contributed by atoms with Crippen molar-refractivity contribution in [2.45, 2.75) is 33.4 Å². The lowest BCUT2D eigenvalue weighted by molar-refractivity contribution is -0.120. The van der Waals surface area contributed by atoms with Crippen LogP contribution in [0.15, 0.2) is 52.1 Å². The zero-order chi connectivity index (χ0) is 20.4. The van der Waals surface area contributed by atoms with Gasteiger partial charge in [-0.05, 0) is 42.7 Å². The first-order valence-corrected chi connectivity index (χ1v) is 9.47. The fraction of sp³-hybridized carbons (Fsp3) is 0.429. The molecule has 0 aliphatic heterocycles. The molecule has 1 atom stereocenters. The molecule has 0 radical (unpaired) electrons. The molecule has 3 N–H and O–H groups in total. The van der Waals surface area contributed by atoms with E-state index in [9.17, 15) is 4.79 Å². The molecule has 2 rings (SSSR count). The number of amides is 1. The highest BCUT2D eigenvalue weighted by molar-refractivity contribution is 14.0. The van der Waals surface area contributed by atoms with E-state index >= 15 is 0 Å². The molecule has 2 aromatic rings. The third-order valence-electron chi connectivity index (χ3n) is 4.00. The van der Waals surface area contributed by atoms with E-state index in [-0.39, 0.29) is 42.5 Å². The summed E-state index contributed by atoms with van der Waals surface area (Å²) in [7, 11) is 1.67. The normalized spacial score (nSPS) is 12.1. The molecule has 1 amide bonds. The second-order valence-corrected chi connectivity index (χ2v) is 6.92. The number of furan rings is 1. The van der Waals surface area contributed by atoms with Crippen LogP contribution in [0.3, 0.4) is 0 Å². The van der Waals surface area contributed by atoms with Gasteiger partial charge in [-0.2, -0.15) is 0 Å². The third-order valence-corrected chi connectivity index (χ3v) is 4.00. The number of hydrogen-bond donors (Lipinski definition) is 3. The zero-order valence-electron chi connectivity index (χ0n) is 17.4. The SMILES string of the molecule is CN=C(NCC(=O)NCc1ccco1)NC(C)c1ccc(OCC(C)C)cc1.I. The van der Waals surface area contributed by atoms with E-state index in [1.54, 1.807) is 19.4 Å². The average molecular weight is 514 g/mol. The Bertz CT molecular complexity index is 746. The number of ether oxygens (including phenoxy) is 1. The number of nitrogens with zero attached hydrogens (tertiary/aromatic N) is 1. The molecule has 0 spiro atoms. The number of guanidine groups is 1. The first-order chi connectivity index (χ1) is 13.5. The Balaban J connectivity index is 0.00000420. The Morgan fingerprint density at radius 2 is 1.86 bits per heavy atom. The first kappa shape index (κ1) is 24.8. The van der Waals surface area contributed by atoms with Crippen LogP contribution in [0.25, 0.3) is 0 Å². The quantitative estimate of drug-likeness (QED) is 0.271. The molecule has 7 nitrogen and oxygen atoms in total. The standard InChI is InChI=1S/C21H30N4O3.HI/c1-15(2)14-28-18-9-7-17(8-10-18)16(3)25-21(22-4)24-13-20(26)23-12-19-6-5-11-27-19;/h5-11,15-16H,12-14H2,1-4H3,(H,23,26)(H2,22,24,25);1H. The number of halogens is 1. The third kappa shape index (κ3) is 9.21. The Morgan fingerprint density at radius 1 is 1.14 bits per heavy atom. The van der Waals surface area contributed by atoms with Gasteiger partial charge in [-0.25, -0.2) is 0 Å². The van der Waals surface area contributed by atoms with Crippen molar-refractivity contribution < 1.29 is 13.9 Å². The molecule has 0 aliphatic carbocycles. The summed E-state index contributed by atoms with van der Waals surface area (Å²) in [4.78, 5) is 16.1. The monoisotopic (exact) mass is 514 g/mol. The molecule has 1 aromatic heterocycles. The molecular weight excluding hydrogens is 483 g/mol. The van der Waals surface area contributed by atoms with Crippen LogP contribution in [0.5, 0.6) is 5.75 Å². The Morgan fingerprint density at radius 3 is 2.45 bits per heavy atom. The summed E-state index contributed by atoms with van der Waals surface area (Å²) >= 11 is 0. The molecule has 160 valence electrons. The van der Waals surface area contributed by atoms with Gasteiger partial charge < -0.3 is 25.1 Å². The van der Waals surface area contributed by atoms with Gasteiger partial charge in [-0.1, -0.05) is 26.0 Å². The number of hydrogen-bond acceptors (Lipinski definition) is 4. The van der Waals surface area contributed by atoms with Gasteiger partial charge >= 0.3 is 0 Å². The lowest BCUT2D eigenvalue weighted by Crippen LogP contribution is -2.43. The molecule has 8 heteroatoms. The fourth-order valence-corrected chi connectivity index (χ4v) is 2.42. The molecule has 0 fully saturated rings. The van der Waals surface area contributed by atoms with Gasteiger partial charge in [0.1, 0.15) is 11.5 Å². The Hall–Kier alpha value is -2.23. The van der Waals surface area contributed by atoms with Crippen LogP contribution in [0, 0.1) is 5.92 Å². The molecule has 0 bridgehead atoms. The Labute approximate surface area is 189 Å². The van der Waals surface area contributed by atoms with E-state index in [0.29, 0.717) is 30.8 Å². The molecule has 1 aromatic carbocycles. The van der Waals surface area contributed by atoms with Crippen molar-refractivity contribution in [3.8, 4) is 5.75 Å². The van der Waals surface area contributed by atoms with Crippen molar-refractivity contribution in [3.63, 3.8) is 0 Å². The number of nitrogens with one attached hydrogen (secondary N) is 3. The van der Waals surface area contributed by atoms with Crippen LogP contribution in [0.4, 0.5) is 0 Å². The molecular formula is C21H31IN4O3. The van der Waals surface area contributed by atoms with E-state index < -0.39 is 0 Å². The van der Waals surface area contributed by atoms with Crippen LogP contribution in [-0.4, -0.2) is 32.1 Å². The molecule has 0 saturated carbocycles. The second-order valence-electron chi connectivity index (χ2n) is 6.92. The summed E-state index contributed by atoms with van der Waals surface area (Å²) in [6, 6.07) is 11.6. The van der Waals surface area contributed by atoms with Crippen LogP contribution < -0.4 is 20.7 Å². The van der Waals surface area contributed by atoms with E-state index in [4.69, 9.17) is 9.15 Å². The zero-order valence-corrected chi connectivity index (χ0v) is 19.7. The van der Waals surface area contributed by atoms with E-state index in [1.807, 2.05) is 37.3 Å². The predicted molar refractivity (Wildman–Crippen MR) is 126 cm³/mol. The fourth-order valence-electron chi connectivity index (χ4n) is 2.42. The maximum Gasteiger partial charge on any atom is 0.239 e. The summed E-state index contributed by atoms with van der Waals surface area (Å²) < 4.78 is 10.9. The maximum atomic E-state index is 11.9. The van der Waals surface area contributed by atoms with Crippen molar-refractivity contribution in [1.29, 1.82) is 0 Å². The Kier molecular flexibility index (Phi) is 11.2. The smallest absolute Gasteiger partial charge is 0.239 e. The van der Waals surface area contributed by atoms with Crippen molar-refractivity contribution in [1.82, 2.24) is 16.0 Å². The summed E-state index contributed by atoms with van der Waals surface area (Å²) in [5.41, 5.74) is 1.10. The van der Waals surface area contributed by atoms with Gasteiger partial charge in [0.15, 0.2) is 5.96 Å². The van der Waals surface area contributed by atoms with Crippen molar-refractivity contribution in [3.05, 3.63) is 54.0 Å². The summed E-state index contributed by atoms with van der Waals surface area (Å²) in [5.74, 6) is 2.48. The number of rotatable bonds is 9. The minimum atomic E-state index is -0.140. The number of benzene rings is 1. The van der Waals surface area contributed by atoms with Crippen LogP contribution in [-0.2, 0) is 11.3 Å². The van der Waals surface area contributed by atoms with Gasteiger partial charge in [0.05, 0.1) is 32.0 Å². The number of carbonyl (C=O) groups excluding carboxylic acids is 1. The lowest BCUT2D eigenvalue weighted by atomic mass is 10.1. The topological polar surface area (TPSA) is 87.9 Å². The van der Waals surface area contributed by atoms with Gasteiger partial charge in [0, 0.05) is 7.05 Å². The summed E-state index contributed by atoms with van der Waals surface area (Å²) in [5, 5.41) is 9.08. The van der Waals surface area contributed by atoms with Crippen molar-refractivity contribution in [2.75, 3.05) is 20.2 Å². The number of carbonyl (C=O) groups is 1. The van der Waals surface area contributed by atoms with E-state index in [1.165, 1.54) is 0 Å². The lowest BCUT2D eigenvalue weighted by Gasteiger charge is -2.18. The molecule has 0 aliphatic rings. The molecule has 1 heterocycles. The highest BCUT2D eigenvalue weighted by atomic mass is 127. The van der Waals surface area contributed by atoms with Gasteiger partial charge in [-0.15, -0.1) is 24.0 Å². The summed E-state index contributed by atoms with van der Waals surface area (Å²) in [6.07, 6.45) is 1.58. The highest BCUT2D eigenvalue weighted by Crippen LogP contribution is 2.18. The average Bonchev–Trinajstić information content (AvgIpc) is 3.21. The largest absolute Gasteiger partial charge is 0.493 e. The van der Waals surface area contributed by atoms with Crippen LogP contribution in [0.2, 0.25) is 0 Å². The highest BCUT2D eigenvalue weighted by Gasteiger charge is 2.10. The van der Waals surface area contributed by atoms with Gasteiger partial charge in [0.25, 0.3) is 0 Å². The molecule has 1 unspecified atom stereocenters. The van der Waals surface area contributed by atoms with Crippen LogP contribution in [0.1, 0.15) is 38.1 Å². The minimum absolute atomic E-state index is 0. The van der Waals surface area contributed by atoms with Crippen molar-refractivity contribution in [2.24, 2.45) is 10.9 Å². The van der Waals surface area contributed by atoms with Crippen molar-refractivity contribution >= 4 is 35.8 Å². The van der Waals surface area contributed by atoms with E-state index in [0.717, 1.165) is 11.3 Å². The predicted octanol–water partition coefficient (Wildman–Crippen LogP) is 3.47. The van der Waals surface area contributed by atoms with Crippen LogP contribution >= 0.6 is 24.0 Å². The first-order valence-electron chi connectivity index (χ1n) is 9.47. The van der Waals surface area contributed by atoms with Gasteiger partial charge in [-0.3, -0.25) is 9.79 Å².